The normalized spacial score (nSPS) is 23.1. The Morgan fingerprint density at radius 2 is 1.69 bits per heavy atom. The van der Waals surface area contributed by atoms with Crippen LogP contribution >= 0.6 is 0 Å². The van der Waals surface area contributed by atoms with Crippen molar-refractivity contribution in [3.05, 3.63) is 70.6 Å². The SMILES string of the molecule is CCN(C(=O)OCc1ccc(N=O)cc1)C1CCN(C[C@H]2CN([C@@H](C(=O)O)C3CCCC3)C[C@@H]2c2ccccc2)CC1. The van der Waals surface area contributed by atoms with E-state index in [1.54, 1.807) is 24.3 Å². The van der Waals surface area contributed by atoms with Crippen LogP contribution in [0.3, 0.4) is 0 Å². The molecule has 3 fully saturated rings. The molecule has 2 aromatic rings. The zero-order chi connectivity index (χ0) is 29.5. The lowest BCUT2D eigenvalue weighted by Gasteiger charge is -2.39. The Morgan fingerprint density at radius 3 is 2.31 bits per heavy atom. The highest BCUT2D eigenvalue weighted by Crippen LogP contribution is 2.39. The second-order valence-corrected chi connectivity index (χ2v) is 12.2. The molecule has 0 radical (unpaired) electrons. The number of hydrogen-bond acceptors (Lipinski definition) is 7. The van der Waals surface area contributed by atoms with Crippen molar-refractivity contribution in [3.8, 4) is 0 Å². The largest absolute Gasteiger partial charge is 0.480 e. The molecule has 1 N–H and O–H groups in total. The first-order chi connectivity index (χ1) is 20.5. The average Bonchev–Trinajstić information content (AvgIpc) is 3.69. The Hall–Kier alpha value is -3.30. The van der Waals surface area contributed by atoms with E-state index in [9.17, 15) is 19.6 Å². The highest BCUT2D eigenvalue weighted by Gasteiger charge is 2.43. The summed E-state index contributed by atoms with van der Waals surface area (Å²) in [5, 5.41) is 13.1. The predicted molar refractivity (Wildman–Crippen MR) is 162 cm³/mol. The van der Waals surface area contributed by atoms with Gasteiger partial charge in [0.15, 0.2) is 0 Å². The molecule has 0 unspecified atom stereocenters. The molecular weight excluding hydrogens is 532 g/mol. The Labute approximate surface area is 248 Å². The number of ether oxygens (including phenoxy) is 1. The van der Waals surface area contributed by atoms with E-state index in [0.29, 0.717) is 24.1 Å². The first-order valence-electron chi connectivity index (χ1n) is 15.6. The van der Waals surface area contributed by atoms with E-state index in [1.807, 2.05) is 17.9 Å². The summed E-state index contributed by atoms with van der Waals surface area (Å²) in [4.78, 5) is 42.6. The number of nitroso groups, excluding NO2 is 1. The Bertz CT molecular complexity index is 1180. The molecule has 1 aliphatic carbocycles. The standard InChI is InChI=1S/C33H44N4O5/c1-2-37(33(40)42-23-24-12-14-28(34-41)15-13-24)29-16-18-35(19-17-29)20-27-21-36(22-30(27)25-8-4-3-5-9-25)31(32(38)39)26-10-6-7-11-26/h3-5,8-9,12-15,26-27,29-31H,2,6-7,10-11,16-23H2,1H3,(H,38,39)/t27-,30+,31+/m0/s1. The summed E-state index contributed by atoms with van der Waals surface area (Å²) in [6, 6.07) is 17.1. The Balaban J connectivity index is 1.18. The fourth-order valence-corrected chi connectivity index (χ4v) is 7.49. The third kappa shape index (κ3) is 7.18. The lowest BCUT2D eigenvalue weighted by Crippen LogP contribution is -2.49. The summed E-state index contributed by atoms with van der Waals surface area (Å²) in [6.07, 6.45) is 5.76. The molecule has 9 nitrogen and oxygen atoms in total. The molecule has 0 bridgehead atoms. The average molecular weight is 577 g/mol. The number of aliphatic carboxylic acids is 1. The van der Waals surface area contributed by atoms with Gasteiger partial charge in [0.2, 0.25) is 0 Å². The molecule has 2 aliphatic heterocycles. The molecule has 0 spiro atoms. The van der Waals surface area contributed by atoms with E-state index in [1.165, 1.54) is 5.56 Å². The molecule has 1 saturated carbocycles. The van der Waals surface area contributed by atoms with Crippen molar-refractivity contribution in [2.75, 3.05) is 39.3 Å². The van der Waals surface area contributed by atoms with Crippen LogP contribution in [0.2, 0.25) is 0 Å². The first kappa shape index (κ1) is 30.2. The lowest BCUT2D eigenvalue weighted by molar-refractivity contribution is -0.145. The maximum atomic E-state index is 13.0. The van der Waals surface area contributed by atoms with Gasteiger partial charge < -0.3 is 19.6 Å². The van der Waals surface area contributed by atoms with Crippen molar-refractivity contribution < 1.29 is 19.4 Å². The number of nitrogens with zero attached hydrogens (tertiary/aromatic N) is 4. The number of piperidine rings is 1. The molecule has 3 atom stereocenters. The Morgan fingerprint density at radius 1 is 1.00 bits per heavy atom. The summed E-state index contributed by atoms with van der Waals surface area (Å²) in [7, 11) is 0. The topological polar surface area (TPSA) is 103 Å². The van der Waals surface area contributed by atoms with Crippen LogP contribution in [0.5, 0.6) is 0 Å². The van der Waals surface area contributed by atoms with Gasteiger partial charge in [-0.2, -0.15) is 0 Å². The van der Waals surface area contributed by atoms with E-state index in [0.717, 1.165) is 76.8 Å². The molecule has 5 rings (SSSR count). The maximum Gasteiger partial charge on any atom is 0.410 e. The maximum absolute atomic E-state index is 13.0. The molecule has 1 amide bonds. The third-order valence-electron chi connectivity index (χ3n) is 9.66. The fraction of sp³-hybridized carbons (Fsp3) is 0.576. The first-order valence-corrected chi connectivity index (χ1v) is 15.6. The number of likely N-dealkylation sites (tertiary alicyclic amines) is 2. The van der Waals surface area contributed by atoms with Gasteiger partial charge in [-0.15, -0.1) is 4.91 Å². The number of benzene rings is 2. The molecule has 2 saturated heterocycles. The van der Waals surface area contributed by atoms with Crippen LogP contribution in [0, 0.1) is 16.7 Å². The van der Waals surface area contributed by atoms with Crippen molar-refractivity contribution in [1.29, 1.82) is 0 Å². The molecule has 3 aliphatic rings. The summed E-state index contributed by atoms with van der Waals surface area (Å²) < 4.78 is 5.61. The summed E-state index contributed by atoms with van der Waals surface area (Å²) in [5.74, 6) is 0.253. The van der Waals surface area contributed by atoms with Gasteiger partial charge in [0.1, 0.15) is 18.3 Å². The highest BCUT2D eigenvalue weighted by molar-refractivity contribution is 5.74. The zero-order valence-corrected chi connectivity index (χ0v) is 24.6. The summed E-state index contributed by atoms with van der Waals surface area (Å²) >= 11 is 0. The van der Waals surface area contributed by atoms with E-state index >= 15 is 0 Å². The van der Waals surface area contributed by atoms with Crippen molar-refractivity contribution in [2.24, 2.45) is 17.0 Å². The van der Waals surface area contributed by atoms with Crippen LogP contribution in [0.4, 0.5) is 10.5 Å². The van der Waals surface area contributed by atoms with Gasteiger partial charge in [-0.25, -0.2) is 4.79 Å². The van der Waals surface area contributed by atoms with Crippen molar-refractivity contribution in [2.45, 2.75) is 70.1 Å². The monoisotopic (exact) mass is 576 g/mol. The van der Waals surface area contributed by atoms with E-state index in [2.05, 4.69) is 39.2 Å². The number of amides is 1. The number of carboxylic acids is 1. The molecule has 2 aromatic carbocycles. The number of hydrogen-bond donors (Lipinski definition) is 1. The third-order valence-corrected chi connectivity index (χ3v) is 9.66. The van der Waals surface area contributed by atoms with Crippen LogP contribution in [0.15, 0.2) is 59.8 Å². The molecule has 2 heterocycles. The number of carboxylic acid groups (broad SMARTS) is 1. The minimum atomic E-state index is -0.670. The Kier molecular flexibility index (Phi) is 10.2. The van der Waals surface area contributed by atoms with Crippen LogP contribution in [-0.4, -0.2) is 83.2 Å². The van der Waals surface area contributed by atoms with Crippen LogP contribution < -0.4 is 0 Å². The minimum Gasteiger partial charge on any atom is -0.480 e. The van der Waals surface area contributed by atoms with Gasteiger partial charge in [-0.1, -0.05) is 55.3 Å². The van der Waals surface area contributed by atoms with Crippen molar-refractivity contribution in [3.63, 3.8) is 0 Å². The minimum absolute atomic E-state index is 0.129. The van der Waals surface area contributed by atoms with Gasteiger partial charge >= 0.3 is 12.1 Å². The molecule has 42 heavy (non-hydrogen) atoms. The number of carbonyl (C=O) groups is 2. The fourth-order valence-electron chi connectivity index (χ4n) is 7.49. The molecular formula is C33H44N4O5. The molecule has 0 aromatic heterocycles. The van der Waals surface area contributed by atoms with Crippen LogP contribution in [-0.2, 0) is 16.1 Å². The number of carbonyl (C=O) groups excluding carboxylic acids is 1. The van der Waals surface area contributed by atoms with E-state index in [4.69, 9.17) is 4.74 Å². The predicted octanol–water partition coefficient (Wildman–Crippen LogP) is 5.87. The molecule has 9 heteroatoms. The lowest BCUT2D eigenvalue weighted by atomic mass is 9.88. The van der Waals surface area contributed by atoms with Gasteiger partial charge in [0.05, 0.1) is 0 Å². The summed E-state index contributed by atoms with van der Waals surface area (Å²) in [6.45, 7) is 7.07. The van der Waals surface area contributed by atoms with Crippen LogP contribution in [0.1, 0.15) is 62.5 Å². The van der Waals surface area contributed by atoms with Gasteiger partial charge in [-0.3, -0.25) is 9.69 Å². The van der Waals surface area contributed by atoms with Gasteiger partial charge in [0, 0.05) is 51.2 Å². The van der Waals surface area contributed by atoms with E-state index in [-0.39, 0.29) is 24.7 Å². The van der Waals surface area contributed by atoms with Gasteiger partial charge in [0.25, 0.3) is 0 Å². The second kappa shape index (κ2) is 14.2. The highest BCUT2D eigenvalue weighted by atomic mass is 16.6. The van der Waals surface area contributed by atoms with Crippen molar-refractivity contribution in [1.82, 2.24) is 14.7 Å². The van der Waals surface area contributed by atoms with Crippen molar-refractivity contribution >= 4 is 17.7 Å². The van der Waals surface area contributed by atoms with Gasteiger partial charge in [-0.05, 0) is 72.9 Å². The van der Waals surface area contributed by atoms with Crippen LogP contribution in [0.25, 0.3) is 0 Å². The quantitative estimate of drug-likeness (QED) is 0.334. The molecule has 226 valence electrons. The van der Waals surface area contributed by atoms with E-state index < -0.39 is 12.0 Å². The number of rotatable bonds is 11. The smallest absolute Gasteiger partial charge is 0.410 e. The zero-order valence-electron chi connectivity index (χ0n) is 24.6. The summed E-state index contributed by atoms with van der Waals surface area (Å²) in [5.41, 5.74) is 2.47. The second-order valence-electron chi connectivity index (χ2n) is 12.2.